The molecule has 1 amide bonds. The molecule has 0 unspecified atom stereocenters. The SMILES string of the molecule is O=C(COc1ccc2c(c1)CCC2)Nc1ccc(F)cc1F. The molecular formula is C17H15F2NO2. The second-order valence-electron chi connectivity index (χ2n) is 5.25. The Morgan fingerprint density at radius 2 is 1.91 bits per heavy atom. The summed E-state index contributed by atoms with van der Waals surface area (Å²) in [6, 6.07) is 8.76. The third-order valence-electron chi connectivity index (χ3n) is 3.65. The minimum atomic E-state index is -0.814. The monoisotopic (exact) mass is 303 g/mol. The second-order valence-corrected chi connectivity index (χ2v) is 5.25. The summed E-state index contributed by atoms with van der Waals surface area (Å²) in [5.74, 6) is -1.38. The molecule has 0 atom stereocenters. The zero-order valence-electron chi connectivity index (χ0n) is 11.9. The van der Waals surface area contributed by atoms with E-state index in [0.717, 1.165) is 31.4 Å². The van der Waals surface area contributed by atoms with Crippen LogP contribution in [-0.2, 0) is 17.6 Å². The number of anilines is 1. The molecule has 0 bridgehead atoms. The van der Waals surface area contributed by atoms with E-state index in [1.54, 1.807) is 0 Å². The Kier molecular flexibility index (Phi) is 4.04. The van der Waals surface area contributed by atoms with Crippen molar-refractivity contribution < 1.29 is 18.3 Å². The van der Waals surface area contributed by atoms with Gasteiger partial charge in [-0.3, -0.25) is 4.79 Å². The zero-order valence-corrected chi connectivity index (χ0v) is 11.9. The maximum absolute atomic E-state index is 13.4. The van der Waals surface area contributed by atoms with Gasteiger partial charge < -0.3 is 10.1 Å². The van der Waals surface area contributed by atoms with E-state index in [2.05, 4.69) is 5.32 Å². The summed E-state index contributed by atoms with van der Waals surface area (Å²) < 4.78 is 31.6. The Hall–Kier alpha value is -2.43. The summed E-state index contributed by atoms with van der Waals surface area (Å²) in [6.45, 7) is -0.227. The minimum Gasteiger partial charge on any atom is -0.484 e. The molecular weight excluding hydrogens is 288 g/mol. The van der Waals surface area contributed by atoms with Crippen LogP contribution in [0.5, 0.6) is 5.75 Å². The molecule has 0 fully saturated rings. The third-order valence-corrected chi connectivity index (χ3v) is 3.65. The number of halogens is 2. The summed E-state index contributed by atoms with van der Waals surface area (Å²) in [5, 5.41) is 2.35. The summed E-state index contributed by atoms with van der Waals surface area (Å²) in [6.07, 6.45) is 3.25. The molecule has 1 aliphatic carbocycles. The largest absolute Gasteiger partial charge is 0.484 e. The van der Waals surface area contributed by atoms with Crippen LogP contribution in [-0.4, -0.2) is 12.5 Å². The molecule has 0 spiro atoms. The lowest BCUT2D eigenvalue weighted by Crippen LogP contribution is -2.20. The minimum absolute atomic E-state index is 0.0658. The quantitative estimate of drug-likeness (QED) is 0.939. The molecule has 0 saturated carbocycles. The Balaban J connectivity index is 1.58. The van der Waals surface area contributed by atoms with Gasteiger partial charge in [0, 0.05) is 6.07 Å². The van der Waals surface area contributed by atoms with Gasteiger partial charge in [0.1, 0.15) is 17.4 Å². The van der Waals surface area contributed by atoms with Gasteiger partial charge in [-0.2, -0.15) is 0 Å². The molecule has 22 heavy (non-hydrogen) atoms. The number of benzene rings is 2. The highest BCUT2D eigenvalue weighted by atomic mass is 19.1. The summed E-state index contributed by atoms with van der Waals surface area (Å²) in [7, 11) is 0. The number of rotatable bonds is 4. The molecule has 3 nitrogen and oxygen atoms in total. The number of hydrogen-bond donors (Lipinski definition) is 1. The topological polar surface area (TPSA) is 38.3 Å². The first-order valence-corrected chi connectivity index (χ1v) is 7.11. The molecule has 0 heterocycles. The van der Waals surface area contributed by atoms with Gasteiger partial charge in [-0.1, -0.05) is 6.07 Å². The lowest BCUT2D eigenvalue weighted by Gasteiger charge is -2.09. The van der Waals surface area contributed by atoms with E-state index in [1.165, 1.54) is 17.2 Å². The average molecular weight is 303 g/mol. The van der Waals surface area contributed by atoms with Crippen molar-refractivity contribution in [3.63, 3.8) is 0 Å². The van der Waals surface area contributed by atoms with Crippen molar-refractivity contribution in [1.82, 2.24) is 0 Å². The first-order chi connectivity index (χ1) is 10.6. The van der Waals surface area contributed by atoms with E-state index in [1.807, 2.05) is 18.2 Å². The van der Waals surface area contributed by atoms with Crippen molar-refractivity contribution in [3.8, 4) is 5.75 Å². The predicted molar refractivity (Wildman–Crippen MR) is 78.9 cm³/mol. The van der Waals surface area contributed by atoms with Gasteiger partial charge in [0.05, 0.1) is 5.69 Å². The van der Waals surface area contributed by atoms with E-state index in [-0.39, 0.29) is 12.3 Å². The highest BCUT2D eigenvalue weighted by Crippen LogP contribution is 2.26. The van der Waals surface area contributed by atoms with Crippen LogP contribution in [0.2, 0.25) is 0 Å². The molecule has 0 aliphatic heterocycles. The van der Waals surface area contributed by atoms with Gasteiger partial charge in [-0.25, -0.2) is 8.78 Å². The number of aryl methyl sites for hydroxylation is 2. The molecule has 0 saturated heterocycles. The van der Waals surface area contributed by atoms with E-state index < -0.39 is 17.5 Å². The number of fused-ring (bicyclic) bond motifs is 1. The van der Waals surface area contributed by atoms with Crippen LogP contribution in [0.25, 0.3) is 0 Å². The standard InChI is InChI=1S/C17H15F2NO2/c18-13-5-7-16(15(19)9-13)20-17(21)10-22-14-6-4-11-2-1-3-12(11)8-14/h4-9H,1-3,10H2,(H,20,21). The molecule has 2 aromatic carbocycles. The number of carbonyl (C=O) groups excluding carboxylic acids is 1. The van der Waals surface area contributed by atoms with Crippen LogP contribution in [0.15, 0.2) is 36.4 Å². The van der Waals surface area contributed by atoms with Gasteiger partial charge in [0.15, 0.2) is 6.61 Å². The van der Waals surface area contributed by atoms with Gasteiger partial charge in [-0.05, 0) is 54.7 Å². The lowest BCUT2D eigenvalue weighted by atomic mass is 10.1. The Bertz CT molecular complexity index is 716. The lowest BCUT2D eigenvalue weighted by molar-refractivity contribution is -0.118. The second kappa shape index (κ2) is 6.13. The van der Waals surface area contributed by atoms with Crippen molar-refractivity contribution in [1.29, 1.82) is 0 Å². The smallest absolute Gasteiger partial charge is 0.262 e. The third kappa shape index (κ3) is 3.24. The molecule has 2 aromatic rings. The highest BCUT2D eigenvalue weighted by Gasteiger charge is 2.12. The highest BCUT2D eigenvalue weighted by molar-refractivity contribution is 5.91. The number of ether oxygens (including phenoxy) is 1. The van der Waals surface area contributed by atoms with Crippen molar-refractivity contribution in [2.24, 2.45) is 0 Å². The summed E-state index contributed by atoms with van der Waals surface area (Å²) >= 11 is 0. The van der Waals surface area contributed by atoms with Gasteiger partial charge in [0.25, 0.3) is 5.91 Å². The van der Waals surface area contributed by atoms with Crippen molar-refractivity contribution in [2.45, 2.75) is 19.3 Å². The van der Waals surface area contributed by atoms with E-state index in [9.17, 15) is 13.6 Å². The number of nitrogens with one attached hydrogen (secondary N) is 1. The molecule has 0 aromatic heterocycles. The molecule has 3 rings (SSSR count). The normalized spacial score (nSPS) is 12.8. The molecule has 5 heteroatoms. The van der Waals surface area contributed by atoms with Crippen LogP contribution in [0.4, 0.5) is 14.5 Å². The van der Waals surface area contributed by atoms with Crippen molar-refractivity contribution in [2.75, 3.05) is 11.9 Å². The van der Waals surface area contributed by atoms with Gasteiger partial charge in [0.2, 0.25) is 0 Å². The maximum Gasteiger partial charge on any atom is 0.262 e. The molecule has 0 radical (unpaired) electrons. The maximum atomic E-state index is 13.4. The van der Waals surface area contributed by atoms with Crippen LogP contribution < -0.4 is 10.1 Å². The zero-order chi connectivity index (χ0) is 15.5. The molecule has 1 N–H and O–H groups in total. The number of carbonyl (C=O) groups is 1. The molecule has 114 valence electrons. The van der Waals surface area contributed by atoms with Crippen molar-refractivity contribution >= 4 is 11.6 Å². The Morgan fingerprint density at radius 1 is 1.09 bits per heavy atom. The van der Waals surface area contributed by atoms with Crippen LogP contribution >= 0.6 is 0 Å². The Labute approximate surface area is 126 Å². The van der Waals surface area contributed by atoms with Crippen LogP contribution in [0, 0.1) is 11.6 Å². The van der Waals surface area contributed by atoms with Crippen molar-refractivity contribution in [3.05, 3.63) is 59.2 Å². The fourth-order valence-corrected chi connectivity index (χ4v) is 2.56. The predicted octanol–water partition coefficient (Wildman–Crippen LogP) is 3.47. The van der Waals surface area contributed by atoms with Gasteiger partial charge in [-0.15, -0.1) is 0 Å². The van der Waals surface area contributed by atoms with E-state index in [0.29, 0.717) is 5.75 Å². The van der Waals surface area contributed by atoms with Gasteiger partial charge >= 0.3 is 0 Å². The fourth-order valence-electron chi connectivity index (χ4n) is 2.56. The number of amides is 1. The number of hydrogen-bond acceptors (Lipinski definition) is 2. The average Bonchev–Trinajstić information content (AvgIpc) is 2.95. The van der Waals surface area contributed by atoms with Crippen LogP contribution in [0.3, 0.4) is 0 Å². The van der Waals surface area contributed by atoms with Crippen LogP contribution in [0.1, 0.15) is 17.5 Å². The summed E-state index contributed by atoms with van der Waals surface area (Å²) in [5.41, 5.74) is 2.51. The summed E-state index contributed by atoms with van der Waals surface area (Å²) in [4.78, 5) is 11.8. The molecule has 1 aliphatic rings. The first kappa shape index (κ1) is 14.5. The van der Waals surface area contributed by atoms with E-state index in [4.69, 9.17) is 4.74 Å². The Morgan fingerprint density at radius 3 is 2.73 bits per heavy atom. The first-order valence-electron chi connectivity index (χ1n) is 7.11. The fraction of sp³-hybridized carbons (Fsp3) is 0.235. The van der Waals surface area contributed by atoms with E-state index >= 15 is 0 Å².